The average Bonchev–Trinajstić information content (AvgIpc) is 2.74. The molecule has 6 nitrogen and oxygen atoms in total. The number of aromatic nitrogens is 1. The van der Waals surface area contributed by atoms with E-state index in [9.17, 15) is 8.42 Å². The molecule has 1 aromatic heterocycles. The Bertz CT molecular complexity index is 512. The van der Waals surface area contributed by atoms with E-state index < -0.39 is 10.0 Å². The number of nitrogens with one attached hydrogen (secondary N) is 1. The zero-order valence-electron chi connectivity index (χ0n) is 11.4. The van der Waals surface area contributed by atoms with Gasteiger partial charge in [-0.05, 0) is 32.2 Å². The summed E-state index contributed by atoms with van der Waals surface area (Å²) in [5.41, 5.74) is 0.883. The Balaban J connectivity index is 1.77. The first-order valence-corrected chi connectivity index (χ1v) is 8.38. The molecule has 0 amide bonds. The Kier molecular flexibility index (Phi) is 4.59. The van der Waals surface area contributed by atoms with Gasteiger partial charge in [-0.15, -0.1) is 0 Å². The van der Waals surface area contributed by atoms with Gasteiger partial charge in [0.2, 0.25) is 10.0 Å². The minimum Gasteiger partial charge on any atom is -0.361 e. The number of aryl methyl sites for hydroxylation is 1. The molecule has 0 saturated carbocycles. The van der Waals surface area contributed by atoms with Gasteiger partial charge in [0.05, 0.1) is 11.9 Å². The Morgan fingerprint density at radius 2 is 2.37 bits per heavy atom. The van der Waals surface area contributed by atoms with Gasteiger partial charge in [-0.25, -0.2) is 12.7 Å². The minimum atomic E-state index is -3.05. The molecule has 108 valence electrons. The highest BCUT2D eigenvalue weighted by Crippen LogP contribution is 2.18. The van der Waals surface area contributed by atoms with Gasteiger partial charge in [-0.1, -0.05) is 5.16 Å². The molecule has 1 unspecified atom stereocenters. The summed E-state index contributed by atoms with van der Waals surface area (Å²) in [7, 11) is -3.05. The molecule has 1 aliphatic heterocycles. The monoisotopic (exact) mass is 287 g/mol. The molecule has 0 bridgehead atoms. The summed E-state index contributed by atoms with van der Waals surface area (Å²) in [6.07, 6.45) is 3.28. The van der Waals surface area contributed by atoms with Crippen molar-refractivity contribution < 1.29 is 12.9 Å². The molecule has 0 radical (unpaired) electrons. The number of nitrogens with zero attached hydrogens (tertiary/aromatic N) is 2. The summed E-state index contributed by atoms with van der Waals surface area (Å²) in [5.74, 6) is 1.18. The van der Waals surface area contributed by atoms with Crippen molar-refractivity contribution in [3.8, 4) is 0 Å². The predicted molar refractivity (Wildman–Crippen MR) is 72.1 cm³/mol. The summed E-state index contributed by atoms with van der Waals surface area (Å²) in [6.45, 7) is 4.59. The Morgan fingerprint density at radius 1 is 1.58 bits per heavy atom. The van der Waals surface area contributed by atoms with E-state index in [2.05, 4.69) is 10.5 Å². The molecule has 1 aromatic rings. The molecule has 0 aliphatic carbocycles. The van der Waals surface area contributed by atoms with Gasteiger partial charge in [0.15, 0.2) is 0 Å². The number of piperidine rings is 1. The molecule has 0 spiro atoms. The molecule has 0 aromatic carbocycles. The Hall–Kier alpha value is -0.920. The van der Waals surface area contributed by atoms with Gasteiger partial charge in [-0.2, -0.15) is 0 Å². The summed E-state index contributed by atoms with van der Waals surface area (Å²) in [5, 5.41) is 7.22. The van der Waals surface area contributed by atoms with Crippen LogP contribution in [0.3, 0.4) is 0 Å². The normalized spacial score (nSPS) is 21.7. The number of rotatable bonds is 5. The van der Waals surface area contributed by atoms with Crippen LogP contribution < -0.4 is 5.32 Å². The summed E-state index contributed by atoms with van der Waals surface area (Å²) in [4.78, 5) is 0. The van der Waals surface area contributed by atoms with Crippen molar-refractivity contribution in [2.24, 2.45) is 5.92 Å². The van der Waals surface area contributed by atoms with Gasteiger partial charge in [0, 0.05) is 25.7 Å². The highest BCUT2D eigenvalue weighted by Gasteiger charge is 2.25. The van der Waals surface area contributed by atoms with Crippen molar-refractivity contribution in [1.29, 1.82) is 0 Å². The third kappa shape index (κ3) is 4.29. The first-order chi connectivity index (χ1) is 8.95. The van der Waals surface area contributed by atoms with Gasteiger partial charge < -0.3 is 9.84 Å². The molecular formula is C12H21N3O3S. The first-order valence-electron chi connectivity index (χ1n) is 6.53. The van der Waals surface area contributed by atoms with E-state index in [0.717, 1.165) is 30.8 Å². The van der Waals surface area contributed by atoms with Crippen LogP contribution in [0.5, 0.6) is 0 Å². The lowest BCUT2D eigenvalue weighted by Gasteiger charge is -2.30. The molecule has 1 atom stereocenters. The van der Waals surface area contributed by atoms with Crippen molar-refractivity contribution in [3.05, 3.63) is 17.5 Å². The molecule has 7 heteroatoms. The number of hydrogen-bond acceptors (Lipinski definition) is 5. The van der Waals surface area contributed by atoms with Gasteiger partial charge in [0.25, 0.3) is 0 Å². The second-order valence-electron chi connectivity index (χ2n) is 5.19. The Labute approximate surface area is 114 Å². The largest absolute Gasteiger partial charge is 0.361 e. The quantitative estimate of drug-likeness (QED) is 0.864. The van der Waals surface area contributed by atoms with E-state index in [1.807, 2.05) is 13.0 Å². The van der Waals surface area contributed by atoms with E-state index >= 15 is 0 Å². The second-order valence-corrected chi connectivity index (χ2v) is 7.17. The van der Waals surface area contributed by atoms with Crippen molar-refractivity contribution >= 4 is 10.0 Å². The van der Waals surface area contributed by atoms with Crippen LogP contribution >= 0.6 is 0 Å². The highest BCUT2D eigenvalue weighted by molar-refractivity contribution is 7.88. The first kappa shape index (κ1) is 14.5. The maximum atomic E-state index is 11.5. The van der Waals surface area contributed by atoms with E-state index in [-0.39, 0.29) is 0 Å². The fourth-order valence-corrected chi connectivity index (χ4v) is 3.34. The smallest absolute Gasteiger partial charge is 0.211 e. The zero-order valence-corrected chi connectivity index (χ0v) is 12.2. The van der Waals surface area contributed by atoms with E-state index in [4.69, 9.17) is 4.52 Å². The molecule has 1 saturated heterocycles. The summed E-state index contributed by atoms with van der Waals surface area (Å²) >= 11 is 0. The lowest BCUT2D eigenvalue weighted by molar-refractivity contribution is 0.260. The third-order valence-electron chi connectivity index (χ3n) is 3.37. The van der Waals surface area contributed by atoms with Crippen molar-refractivity contribution in [2.45, 2.75) is 26.3 Å². The van der Waals surface area contributed by atoms with Crippen LogP contribution in [-0.2, 0) is 16.6 Å². The molecule has 19 heavy (non-hydrogen) atoms. The van der Waals surface area contributed by atoms with Gasteiger partial charge in [-0.3, -0.25) is 0 Å². The molecule has 1 aliphatic rings. The van der Waals surface area contributed by atoms with Crippen molar-refractivity contribution in [1.82, 2.24) is 14.8 Å². The Morgan fingerprint density at radius 3 is 3.00 bits per heavy atom. The van der Waals surface area contributed by atoms with Crippen LogP contribution in [-0.4, -0.2) is 43.8 Å². The fraction of sp³-hybridized carbons (Fsp3) is 0.750. The van der Waals surface area contributed by atoms with Crippen LogP contribution in [0.25, 0.3) is 0 Å². The molecule has 1 fully saturated rings. The standard InChI is InChI=1S/C12H21N3O3S/c1-10-6-12(14-18-10)8-13-7-11-4-3-5-15(9-11)19(2,16)17/h6,11,13H,3-5,7-9H2,1-2H3. The van der Waals surface area contributed by atoms with Crippen molar-refractivity contribution in [2.75, 3.05) is 25.9 Å². The van der Waals surface area contributed by atoms with Crippen LogP contribution in [0, 0.1) is 12.8 Å². The van der Waals surface area contributed by atoms with Crippen LogP contribution in [0.2, 0.25) is 0 Å². The zero-order chi connectivity index (χ0) is 13.9. The van der Waals surface area contributed by atoms with Crippen LogP contribution in [0.15, 0.2) is 10.6 Å². The lowest BCUT2D eigenvalue weighted by Crippen LogP contribution is -2.42. The van der Waals surface area contributed by atoms with E-state index in [0.29, 0.717) is 25.6 Å². The maximum Gasteiger partial charge on any atom is 0.211 e. The molecular weight excluding hydrogens is 266 g/mol. The maximum absolute atomic E-state index is 11.5. The number of hydrogen-bond donors (Lipinski definition) is 1. The lowest BCUT2D eigenvalue weighted by atomic mass is 10.00. The minimum absolute atomic E-state index is 0.372. The highest BCUT2D eigenvalue weighted by atomic mass is 32.2. The molecule has 1 N–H and O–H groups in total. The van der Waals surface area contributed by atoms with E-state index in [1.54, 1.807) is 4.31 Å². The van der Waals surface area contributed by atoms with E-state index in [1.165, 1.54) is 6.26 Å². The summed E-state index contributed by atoms with van der Waals surface area (Å²) in [6, 6.07) is 1.90. The van der Waals surface area contributed by atoms with Crippen LogP contribution in [0.1, 0.15) is 24.3 Å². The van der Waals surface area contributed by atoms with Crippen molar-refractivity contribution in [3.63, 3.8) is 0 Å². The number of sulfonamides is 1. The second kappa shape index (κ2) is 6.02. The predicted octanol–water partition coefficient (Wildman–Crippen LogP) is 0.744. The fourth-order valence-electron chi connectivity index (χ4n) is 2.40. The average molecular weight is 287 g/mol. The topological polar surface area (TPSA) is 75.4 Å². The van der Waals surface area contributed by atoms with Crippen LogP contribution in [0.4, 0.5) is 0 Å². The van der Waals surface area contributed by atoms with Gasteiger partial charge >= 0.3 is 0 Å². The SMILES string of the molecule is Cc1cc(CNCC2CCCN(S(C)(=O)=O)C2)no1. The molecule has 2 rings (SSSR count). The third-order valence-corrected chi connectivity index (χ3v) is 4.64. The molecule has 2 heterocycles. The summed E-state index contributed by atoms with van der Waals surface area (Å²) < 4.78 is 29.6. The van der Waals surface area contributed by atoms with Gasteiger partial charge in [0.1, 0.15) is 5.76 Å².